The number of aryl methyl sites for hydroxylation is 1. The highest BCUT2D eigenvalue weighted by molar-refractivity contribution is 5.97. The lowest BCUT2D eigenvalue weighted by Crippen LogP contribution is -2.41. The molecule has 23 heavy (non-hydrogen) atoms. The van der Waals surface area contributed by atoms with E-state index in [0.29, 0.717) is 30.5 Å². The summed E-state index contributed by atoms with van der Waals surface area (Å²) < 4.78 is 39.2. The molecule has 0 bridgehead atoms. The normalized spacial score (nSPS) is 19.3. The third-order valence-corrected chi connectivity index (χ3v) is 4.18. The number of rotatable bonds is 2. The largest absolute Gasteiger partial charge is 0.389 e. The summed E-state index contributed by atoms with van der Waals surface area (Å²) in [5.74, 6) is -0.755. The highest BCUT2D eigenvalue weighted by Crippen LogP contribution is 2.30. The number of piperidine rings is 1. The first-order chi connectivity index (χ1) is 10.8. The molecular weight excluding hydrogens is 309 g/mol. The molecule has 8 heteroatoms. The first kappa shape index (κ1) is 15.8. The van der Waals surface area contributed by atoms with Crippen molar-refractivity contribution in [3.63, 3.8) is 0 Å². The highest BCUT2D eigenvalue weighted by Gasteiger charge is 2.35. The first-order valence-corrected chi connectivity index (χ1v) is 7.49. The van der Waals surface area contributed by atoms with Gasteiger partial charge in [-0.3, -0.25) is 4.79 Å². The van der Waals surface area contributed by atoms with E-state index in [2.05, 4.69) is 10.3 Å². The number of nitrogens with zero attached hydrogens (tertiary/aromatic N) is 4. The van der Waals surface area contributed by atoms with Gasteiger partial charge in [0.15, 0.2) is 0 Å². The Labute approximate surface area is 131 Å². The lowest BCUT2D eigenvalue weighted by molar-refractivity contribution is -0.147. The minimum Gasteiger partial charge on any atom is -0.338 e. The van der Waals surface area contributed by atoms with E-state index in [1.54, 1.807) is 29.9 Å². The molecular formula is C15H17F3N4O. The molecule has 0 radical (unpaired) electrons. The van der Waals surface area contributed by atoms with Crippen molar-refractivity contribution >= 4 is 16.9 Å². The van der Waals surface area contributed by atoms with Gasteiger partial charge < -0.3 is 4.90 Å². The van der Waals surface area contributed by atoms with Gasteiger partial charge in [-0.15, -0.1) is 5.10 Å². The van der Waals surface area contributed by atoms with E-state index in [1.165, 1.54) is 4.90 Å². The van der Waals surface area contributed by atoms with Crippen LogP contribution in [0.4, 0.5) is 13.2 Å². The van der Waals surface area contributed by atoms with Crippen LogP contribution in [0.3, 0.4) is 0 Å². The second-order valence-corrected chi connectivity index (χ2v) is 6.00. The summed E-state index contributed by atoms with van der Waals surface area (Å²) in [6.45, 7) is 0.648. The van der Waals surface area contributed by atoms with Crippen LogP contribution in [0.25, 0.3) is 11.0 Å². The Bertz CT molecular complexity index is 725. The van der Waals surface area contributed by atoms with Gasteiger partial charge in [0, 0.05) is 32.1 Å². The minimum atomic E-state index is -4.18. The van der Waals surface area contributed by atoms with E-state index in [0.717, 1.165) is 5.52 Å². The number of hydrogen-bond donors (Lipinski definition) is 0. The zero-order valence-electron chi connectivity index (χ0n) is 12.7. The fourth-order valence-corrected chi connectivity index (χ4v) is 3.09. The maximum atomic E-state index is 12.6. The third-order valence-electron chi connectivity index (χ3n) is 4.18. The topological polar surface area (TPSA) is 51.0 Å². The summed E-state index contributed by atoms with van der Waals surface area (Å²) in [7, 11) is 1.73. The monoisotopic (exact) mass is 326 g/mol. The third kappa shape index (κ3) is 3.46. The van der Waals surface area contributed by atoms with E-state index < -0.39 is 18.5 Å². The van der Waals surface area contributed by atoms with E-state index in [4.69, 9.17) is 0 Å². The van der Waals surface area contributed by atoms with E-state index >= 15 is 0 Å². The molecule has 124 valence electrons. The molecule has 0 spiro atoms. The van der Waals surface area contributed by atoms with Gasteiger partial charge in [0.25, 0.3) is 5.91 Å². The number of hydrogen-bond acceptors (Lipinski definition) is 3. The number of amides is 1. The van der Waals surface area contributed by atoms with Crippen LogP contribution in [0, 0.1) is 5.92 Å². The Kier molecular flexibility index (Phi) is 3.99. The molecule has 1 aliphatic heterocycles. The van der Waals surface area contributed by atoms with Gasteiger partial charge in [0.2, 0.25) is 0 Å². The van der Waals surface area contributed by atoms with Gasteiger partial charge in [-0.05, 0) is 37.0 Å². The van der Waals surface area contributed by atoms with Gasteiger partial charge in [0.1, 0.15) is 5.52 Å². The lowest BCUT2D eigenvalue weighted by Gasteiger charge is -2.33. The van der Waals surface area contributed by atoms with Crippen molar-refractivity contribution in [2.75, 3.05) is 13.1 Å². The van der Waals surface area contributed by atoms with Crippen molar-refractivity contribution in [3.8, 4) is 0 Å². The van der Waals surface area contributed by atoms with Crippen LogP contribution in [0.15, 0.2) is 18.2 Å². The van der Waals surface area contributed by atoms with Gasteiger partial charge in [-0.1, -0.05) is 5.21 Å². The fourth-order valence-electron chi connectivity index (χ4n) is 3.09. The van der Waals surface area contributed by atoms with Crippen LogP contribution in [0.1, 0.15) is 29.6 Å². The molecule has 3 rings (SSSR count). The average molecular weight is 326 g/mol. The van der Waals surface area contributed by atoms with Crippen molar-refractivity contribution in [1.29, 1.82) is 0 Å². The second kappa shape index (κ2) is 5.82. The molecule has 1 fully saturated rings. The molecule has 1 aliphatic rings. The number of benzene rings is 1. The zero-order valence-corrected chi connectivity index (χ0v) is 12.7. The number of carbonyl (C=O) groups is 1. The Morgan fingerprint density at radius 1 is 1.39 bits per heavy atom. The predicted molar refractivity (Wildman–Crippen MR) is 77.8 cm³/mol. The second-order valence-electron chi connectivity index (χ2n) is 6.00. The molecule has 1 aromatic heterocycles. The zero-order chi connectivity index (χ0) is 16.6. The van der Waals surface area contributed by atoms with Gasteiger partial charge in [-0.2, -0.15) is 13.2 Å². The summed E-state index contributed by atoms with van der Waals surface area (Å²) in [6, 6.07) is 5.03. The molecule has 1 amide bonds. The molecule has 1 atom stereocenters. The summed E-state index contributed by atoms with van der Waals surface area (Å²) in [5, 5.41) is 7.82. The molecule has 0 aliphatic carbocycles. The number of alkyl halides is 3. The Morgan fingerprint density at radius 3 is 2.91 bits per heavy atom. The Balaban J connectivity index is 1.76. The smallest absolute Gasteiger partial charge is 0.338 e. The maximum absolute atomic E-state index is 12.6. The molecule has 0 saturated carbocycles. The van der Waals surface area contributed by atoms with Crippen LogP contribution < -0.4 is 0 Å². The number of likely N-dealkylation sites (tertiary alicyclic amines) is 1. The summed E-state index contributed by atoms with van der Waals surface area (Å²) in [5.41, 5.74) is 1.85. The molecule has 0 N–H and O–H groups in total. The molecule has 1 aromatic carbocycles. The Hall–Kier alpha value is -2.12. The van der Waals surface area contributed by atoms with Crippen molar-refractivity contribution in [2.24, 2.45) is 13.0 Å². The van der Waals surface area contributed by atoms with Gasteiger partial charge >= 0.3 is 6.18 Å². The van der Waals surface area contributed by atoms with Crippen molar-refractivity contribution < 1.29 is 18.0 Å². The number of aromatic nitrogens is 3. The molecule has 5 nitrogen and oxygen atoms in total. The Morgan fingerprint density at radius 2 is 2.17 bits per heavy atom. The van der Waals surface area contributed by atoms with E-state index in [1.807, 2.05) is 0 Å². The molecule has 2 aromatic rings. The number of fused-ring (bicyclic) bond motifs is 1. The van der Waals surface area contributed by atoms with Crippen LogP contribution in [-0.2, 0) is 7.05 Å². The van der Waals surface area contributed by atoms with Gasteiger partial charge in [0.05, 0.1) is 5.52 Å². The van der Waals surface area contributed by atoms with Gasteiger partial charge in [-0.25, -0.2) is 4.68 Å². The standard InChI is InChI=1S/C15H17F3N4O/c1-21-13-7-11(4-5-12(13)19-20-21)14(23)22-6-2-3-10(9-22)8-15(16,17)18/h4-5,7,10H,2-3,6,8-9H2,1H3. The number of carbonyl (C=O) groups excluding carboxylic acids is 1. The average Bonchev–Trinajstić information content (AvgIpc) is 2.86. The summed E-state index contributed by atoms with van der Waals surface area (Å²) >= 11 is 0. The molecule has 1 unspecified atom stereocenters. The predicted octanol–water partition coefficient (Wildman–Crippen LogP) is 2.77. The van der Waals surface area contributed by atoms with E-state index in [9.17, 15) is 18.0 Å². The van der Waals surface area contributed by atoms with Crippen LogP contribution in [0.2, 0.25) is 0 Å². The molecule has 1 saturated heterocycles. The molecule has 2 heterocycles. The summed E-state index contributed by atoms with van der Waals surface area (Å²) in [4.78, 5) is 14.1. The van der Waals surface area contributed by atoms with Crippen molar-refractivity contribution in [3.05, 3.63) is 23.8 Å². The lowest BCUT2D eigenvalue weighted by atomic mass is 9.94. The highest BCUT2D eigenvalue weighted by atomic mass is 19.4. The first-order valence-electron chi connectivity index (χ1n) is 7.49. The summed E-state index contributed by atoms with van der Waals surface area (Å²) in [6.07, 6.45) is -3.91. The number of halogens is 3. The van der Waals surface area contributed by atoms with Crippen molar-refractivity contribution in [1.82, 2.24) is 19.9 Å². The fraction of sp³-hybridized carbons (Fsp3) is 0.533. The van der Waals surface area contributed by atoms with Crippen LogP contribution in [0.5, 0.6) is 0 Å². The SMILES string of the molecule is Cn1nnc2ccc(C(=O)N3CCCC(CC(F)(F)F)C3)cc21. The van der Waals surface area contributed by atoms with Crippen molar-refractivity contribution in [2.45, 2.75) is 25.4 Å². The quantitative estimate of drug-likeness (QED) is 0.853. The van der Waals surface area contributed by atoms with E-state index in [-0.39, 0.29) is 12.5 Å². The van der Waals surface area contributed by atoms with Crippen LogP contribution >= 0.6 is 0 Å². The maximum Gasteiger partial charge on any atom is 0.389 e. The minimum absolute atomic E-state index is 0.153. The van der Waals surface area contributed by atoms with Crippen LogP contribution in [-0.4, -0.2) is 45.1 Å².